The molecule has 2 N–H and O–H groups in total. The molecular formula is C12H16N6OS. The van der Waals surface area contributed by atoms with Gasteiger partial charge in [-0.15, -0.1) is 10.2 Å². The molecule has 2 heterocycles. The summed E-state index contributed by atoms with van der Waals surface area (Å²) in [4.78, 5) is 11.7. The van der Waals surface area contributed by atoms with Gasteiger partial charge in [0.2, 0.25) is 5.13 Å². The van der Waals surface area contributed by atoms with Crippen molar-refractivity contribution in [2.75, 3.05) is 11.9 Å². The summed E-state index contributed by atoms with van der Waals surface area (Å²) in [6.07, 6.45) is 6.86. The van der Waals surface area contributed by atoms with Crippen molar-refractivity contribution in [2.45, 2.75) is 25.2 Å². The van der Waals surface area contributed by atoms with Gasteiger partial charge in [-0.05, 0) is 24.8 Å². The van der Waals surface area contributed by atoms with Crippen molar-refractivity contribution in [1.82, 2.24) is 25.3 Å². The van der Waals surface area contributed by atoms with E-state index in [1.165, 1.54) is 24.2 Å². The molecule has 1 aliphatic carbocycles. The summed E-state index contributed by atoms with van der Waals surface area (Å²) in [7, 11) is 1.87. The SMILES string of the molecule is Cn1cc(CCNC(=O)Nc2nnc(C3CC3)s2)cn1. The topological polar surface area (TPSA) is 84.7 Å². The molecule has 7 nitrogen and oxygen atoms in total. The van der Waals surface area contributed by atoms with Gasteiger partial charge in [-0.3, -0.25) is 10.00 Å². The number of aromatic nitrogens is 4. The van der Waals surface area contributed by atoms with E-state index in [4.69, 9.17) is 0 Å². The molecule has 2 aromatic rings. The van der Waals surface area contributed by atoms with Gasteiger partial charge in [0.05, 0.1) is 6.20 Å². The first-order valence-corrected chi connectivity index (χ1v) is 7.38. The van der Waals surface area contributed by atoms with Gasteiger partial charge in [-0.1, -0.05) is 11.3 Å². The Kier molecular flexibility index (Phi) is 3.64. The van der Waals surface area contributed by atoms with E-state index in [-0.39, 0.29) is 6.03 Å². The summed E-state index contributed by atoms with van der Waals surface area (Å²) >= 11 is 1.46. The molecule has 0 bridgehead atoms. The molecule has 0 spiro atoms. The van der Waals surface area contributed by atoms with Crippen LogP contribution in [0.5, 0.6) is 0 Å². The molecule has 1 saturated carbocycles. The van der Waals surface area contributed by atoms with E-state index in [0.717, 1.165) is 17.0 Å². The zero-order valence-corrected chi connectivity index (χ0v) is 12.0. The molecule has 2 amide bonds. The fraction of sp³-hybridized carbons (Fsp3) is 0.500. The minimum absolute atomic E-state index is 0.243. The first-order chi connectivity index (χ1) is 9.70. The Morgan fingerprint density at radius 3 is 3.05 bits per heavy atom. The molecule has 0 unspecified atom stereocenters. The number of carbonyl (C=O) groups excluding carboxylic acids is 1. The van der Waals surface area contributed by atoms with E-state index in [1.807, 2.05) is 13.2 Å². The molecule has 0 radical (unpaired) electrons. The maximum atomic E-state index is 11.7. The van der Waals surface area contributed by atoms with Crippen LogP contribution in [0.25, 0.3) is 0 Å². The first kappa shape index (κ1) is 13.0. The number of hydrogen-bond donors (Lipinski definition) is 2. The second-order valence-electron chi connectivity index (χ2n) is 4.87. The van der Waals surface area contributed by atoms with Crippen LogP contribution >= 0.6 is 11.3 Å². The number of carbonyl (C=O) groups is 1. The van der Waals surface area contributed by atoms with Gasteiger partial charge in [0.1, 0.15) is 5.01 Å². The lowest BCUT2D eigenvalue weighted by atomic mass is 10.2. The number of nitrogens with zero attached hydrogens (tertiary/aromatic N) is 4. The summed E-state index contributed by atoms with van der Waals surface area (Å²) in [6.45, 7) is 0.561. The van der Waals surface area contributed by atoms with Crippen molar-refractivity contribution in [2.24, 2.45) is 7.05 Å². The van der Waals surface area contributed by atoms with Gasteiger partial charge in [-0.25, -0.2) is 4.79 Å². The predicted octanol–water partition coefficient (Wildman–Crippen LogP) is 1.51. The van der Waals surface area contributed by atoms with Crippen molar-refractivity contribution in [1.29, 1.82) is 0 Å². The number of aryl methyl sites for hydroxylation is 1. The number of anilines is 1. The highest BCUT2D eigenvalue weighted by molar-refractivity contribution is 7.15. The highest BCUT2D eigenvalue weighted by Gasteiger charge is 2.27. The lowest BCUT2D eigenvalue weighted by Crippen LogP contribution is -2.30. The fourth-order valence-corrected chi connectivity index (χ4v) is 2.75. The molecule has 106 valence electrons. The Morgan fingerprint density at radius 2 is 2.35 bits per heavy atom. The van der Waals surface area contributed by atoms with Crippen LogP contribution < -0.4 is 10.6 Å². The summed E-state index contributed by atoms with van der Waals surface area (Å²) in [5.41, 5.74) is 1.10. The molecule has 0 aliphatic heterocycles. The van der Waals surface area contributed by atoms with Crippen LogP contribution in [0.3, 0.4) is 0 Å². The molecule has 1 fully saturated rings. The third-order valence-electron chi connectivity index (χ3n) is 3.05. The average Bonchev–Trinajstić information content (AvgIpc) is 3.03. The molecule has 20 heavy (non-hydrogen) atoms. The summed E-state index contributed by atoms with van der Waals surface area (Å²) in [5, 5.41) is 19.2. The number of rotatable bonds is 5. The Labute approximate surface area is 120 Å². The average molecular weight is 292 g/mol. The maximum absolute atomic E-state index is 11.7. The van der Waals surface area contributed by atoms with E-state index < -0.39 is 0 Å². The number of hydrogen-bond acceptors (Lipinski definition) is 5. The first-order valence-electron chi connectivity index (χ1n) is 6.56. The van der Waals surface area contributed by atoms with Crippen LogP contribution in [0.15, 0.2) is 12.4 Å². The second-order valence-corrected chi connectivity index (χ2v) is 5.88. The monoisotopic (exact) mass is 292 g/mol. The minimum Gasteiger partial charge on any atom is -0.337 e. The highest BCUT2D eigenvalue weighted by atomic mass is 32.1. The van der Waals surface area contributed by atoms with Crippen LogP contribution in [0.4, 0.5) is 9.93 Å². The molecule has 3 rings (SSSR count). The Hall–Kier alpha value is -1.96. The number of amides is 2. The zero-order chi connectivity index (χ0) is 13.9. The Balaban J connectivity index is 1.42. The summed E-state index contributed by atoms with van der Waals surface area (Å²) in [6, 6.07) is -0.243. The molecule has 8 heteroatoms. The van der Waals surface area contributed by atoms with E-state index in [2.05, 4.69) is 25.9 Å². The lowest BCUT2D eigenvalue weighted by Gasteiger charge is -2.03. The fourth-order valence-electron chi connectivity index (χ4n) is 1.84. The number of urea groups is 1. The molecular weight excluding hydrogens is 276 g/mol. The molecule has 0 aromatic carbocycles. The normalized spacial score (nSPS) is 14.2. The zero-order valence-electron chi connectivity index (χ0n) is 11.2. The third kappa shape index (κ3) is 3.32. The minimum atomic E-state index is -0.243. The van der Waals surface area contributed by atoms with Gasteiger partial charge in [-0.2, -0.15) is 5.10 Å². The van der Waals surface area contributed by atoms with Crippen molar-refractivity contribution in [3.05, 3.63) is 23.0 Å². The van der Waals surface area contributed by atoms with Gasteiger partial charge in [0, 0.05) is 25.7 Å². The second kappa shape index (κ2) is 5.58. The van der Waals surface area contributed by atoms with Gasteiger partial charge in [0.15, 0.2) is 0 Å². The van der Waals surface area contributed by atoms with Gasteiger partial charge >= 0.3 is 6.03 Å². The summed E-state index contributed by atoms with van der Waals surface area (Å²) in [5.74, 6) is 0.566. The standard InChI is InChI=1S/C12H16N6OS/c1-18-7-8(6-14-18)4-5-13-11(19)15-12-17-16-10(20-12)9-2-3-9/h6-7,9H,2-5H2,1H3,(H2,13,15,17,19). The molecule has 1 aliphatic rings. The quantitative estimate of drug-likeness (QED) is 0.875. The molecule has 2 aromatic heterocycles. The van der Waals surface area contributed by atoms with Crippen LogP contribution in [-0.2, 0) is 13.5 Å². The smallest absolute Gasteiger partial charge is 0.321 e. The van der Waals surface area contributed by atoms with Crippen molar-refractivity contribution in [3.63, 3.8) is 0 Å². The highest BCUT2D eigenvalue weighted by Crippen LogP contribution is 2.41. The largest absolute Gasteiger partial charge is 0.337 e. The number of nitrogens with one attached hydrogen (secondary N) is 2. The van der Waals surface area contributed by atoms with Crippen molar-refractivity contribution < 1.29 is 4.79 Å². The van der Waals surface area contributed by atoms with E-state index in [0.29, 0.717) is 17.6 Å². The van der Waals surface area contributed by atoms with Crippen LogP contribution in [0.1, 0.15) is 29.3 Å². The lowest BCUT2D eigenvalue weighted by molar-refractivity contribution is 0.252. The summed E-state index contributed by atoms with van der Waals surface area (Å²) < 4.78 is 1.75. The maximum Gasteiger partial charge on any atom is 0.321 e. The van der Waals surface area contributed by atoms with Crippen LogP contribution in [-0.4, -0.2) is 32.6 Å². The Morgan fingerprint density at radius 1 is 1.50 bits per heavy atom. The molecule has 0 saturated heterocycles. The van der Waals surface area contributed by atoms with Crippen molar-refractivity contribution >= 4 is 22.5 Å². The third-order valence-corrected chi connectivity index (χ3v) is 4.05. The van der Waals surface area contributed by atoms with Crippen molar-refractivity contribution in [3.8, 4) is 0 Å². The van der Waals surface area contributed by atoms with Gasteiger partial charge < -0.3 is 5.32 Å². The van der Waals surface area contributed by atoms with Gasteiger partial charge in [0.25, 0.3) is 0 Å². The Bertz CT molecular complexity index is 603. The van der Waals surface area contributed by atoms with Crippen LogP contribution in [0, 0.1) is 0 Å². The van der Waals surface area contributed by atoms with E-state index in [9.17, 15) is 4.79 Å². The molecule has 0 atom stereocenters. The van der Waals surface area contributed by atoms with E-state index in [1.54, 1.807) is 10.9 Å². The van der Waals surface area contributed by atoms with Crippen LogP contribution in [0.2, 0.25) is 0 Å². The predicted molar refractivity (Wildman–Crippen MR) is 75.8 cm³/mol. The van der Waals surface area contributed by atoms with E-state index >= 15 is 0 Å².